The number of furan rings is 1. The summed E-state index contributed by atoms with van der Waals surface area (Å²) >= 11 is 0. The van der Waals surface area contributed by atoms with Crippen molar-refractivity contribution in [3.8, 4) is 0 Å². The molecule has 1 heteroatoms. The Kier molecular flexibility index (Phi) is 2.09. The maximum atomic E-state index is 5.34. The van der Waals surface area contributed by atoms with Crippen LogP contribution in [0.15, 0.2) is 34.9 Å². The van der Waals surface area contributed by atoms with Gasteiger partial charge in [-0.3, -0.25) is 0 Å². The van der Waals surface area contributed by atoms with Gasteiger partial charge in [-0.05, 0) is 30.0 Å². The molecule has 1 heterocycles. The lowest BCUT2D eigenvalue weighted by Gasteiger charge is -2.05. The summed E-state index contributed by atoms with van der Waals surface area (Å²) < 4.78 is 5.34. The molecule has 0 saturated heterocycles. The zero-order valence-electron chi connectivity index (χ0n) is 8.08. The molecule has 1 nitrogen and oxygen atoms in total. The lowest BCUT2D eigenvalue weighted by atomic mass is 10.0. The first-order valence-electron chi connectivity index (χ1n) is 4.72. The van der Waals surface area contributed by atoms with Crippen LogP contribution >= 0.6 is 0 Å². The van der Waals surface area contributed by atoms with E-state index in [9.17, 15) is 0 Å². The van der Waals surface area contributed by atoms with Crippen LogP contribution in [-0.2, 0) is 6.42 Å². The Hall–Kier alpha value is -1.24. The molecule has 0 N–H and O–H groups in total. The van der Waals surface area contributed by atoms with Crippen molar-refractivity contribution in [3.63, 3.8) is 0 Å². The molecular weight excluding hydrogens is 160 g/mol. The highest BCUT2D eigenvalue weighted by atomic mass is 16.3. The molecule has 0 aliphatic carbocycles. The molecule has 0 saturated carbocycles. The average molecular weight is 174 g/mol. The zero-order chi connectivity index (χ0) is 9.26. The summed E-state index contributed by atoms with van der Waals surface area (Å²) in [6, 6.07) is 8.30. The lowest BCUT2D eigenvalue weighted by molar-refractivity contribution is 0.615. The number of rotatable bonds is 2. The number of hydrogen-bond acceptors (Lipinski definition) is 1. The predicted molar refractivity (Wildman–Crippen MR) is 54.8 cm³/mol. The first kappa shape index (κ1) is 8.36. The van der Waals surface area contributed by atoms with Gasteiger partial charge < -0.3 is 4.42 Å². The molecule has 0 atom stereocenters. The number of fused-ring (bicyclic) bond motifs is 1. The lowest BCUT2D eigenvalue weighted by Crippen LogP contribution is -1.93. The molecule has 1 aromatic carbocycles. The van der Waals surface area contributed by atoms with Crippen LogP contribution in [0, 0.1) is 5.92 Å². The first-order chi connectivity index (χ1) is 6.27. The molecule has 0 amide bonds. The summed E-state index contributed by atoms with van der Waals surface area (Å²) in [6.45, 7) is 4.47. The summed E-state index contributed by atoms with van der Waals surface area (Å²) in [5, 5.41) is 1.26. The highest BCUT2D eigenvalue weighted by Gasteiger charge is 2.04. The van der Waals surface area contributed by atoms with E-state index >= 15 is 0 Å². The van der Waals surface area contributed by atoms with Crippen molar-refractivity contribution in [3.05, 3.63) is 36.1 Å². The highest BCUT2D eigenvalue weighted by molar-refractivity contribution is 5.80. The quantitative estimate of drug-likeness (QED) is 0.677. The van der Waals surface area contributed by atoms with Crippen molar-refractivity contribution in [1.82, 2.24) is 0 Å². The molecular formula is C12H14O. The van der Waals surface area contributed by atoms with E-state index in [0.717, 1.165) is 12.0 Å². The summed E-state index contributed by atoms with van der Waals surface area (Å²) in [7, 11) is 0. The van der Waals surface area contributed by atoms with Gasteiger partial charge in [-0.25, -0.2) is 0 Å². The minimum Gasteiger partial charge on any atom is -0.464 e. The van der Waals surface area contributed by atoms with Crippen molar-refractivity contribution >= 4 is 11.0 Å². The third kappa shape index (κ3) is 1.59. The summed E-state index contributed by atoms with van der Waals surface area (Å²) in [6.07, 6.45) is 2.88. The fraction of sp³-hybridized carbons (Fsp3) is 0.333. The largest absolute Gasteiger partial charge is 0.464 e. The highest BCUT2D eigenvalue weighted by Crippen LogP contribution is 2.21. The van der Waals surface area contributed by atoms with Crippen molar-refractivity contribution < 1.29 is 4.42 Å². The van der Waals surface area contributed by atoms with E-state index < -0.39 is 0 Å². The Bertz CT molecular complexity index is 398. The maximum absolute atomic E-state index is 5.34. The Balaban J connectivity index is 2.48. The predicted octanol–water partition coefficient (Wildman–Crippen LogP) is 3.63. The van der Waals surface area contributed by atoms with Crippen LogP contribution in [0.3, 0.4) is 0 Å². The molecule has 13 heavy (non-hydrogen) atoms. The van der Waals surface area contributed by atoms with Crippen molar-refractivity contribution in [1.29, 1.82) is 0 Å². The minimum absolute atomic E-state index is 0.695. The summed E-state index contributed by atoms with van der Waals surface area (Å²) in [5.41, 5.74) is 2.39. The molecule has 0 spiro atoms. The summed E-state index contributed by atoms with van der Waals surface area (Å²) in [4.78, 5) is 0. The Morgan fingerprint density at radius 1 is 1.23 bits per heavy atom. The second-order valence-electron chi connectivity index (χ2n) is 3.85. The smallest absolute Gasteiger partial charge is 0.134 e. The van der Waals surface area contributed by atoms with E-state index in [4.69, 9.17) is 4.42 Å². The number of benzene rings is 1. The van der Waals surface area contributed by atoms with Crippen LogP contribution in [0.4, 0.5) is 0 Å². The van der Waals surface area contributed by atoms with Crippen molar-refractivity contribution in [2.75, 3.05) is 0 Å². The van der Waals surface area contributed by atoms with Crippen LogP contribution in [0.5, 0.6) is 0 Å². The van der Waals surface area contributed by atoms with E-state index in [1.165, 1.54) is 10.9 Å². The zero-order valence-corrected chi connectivity index (χ0v) is 8.08. The van der Waals surface area contributed by atoms with Gasteiger partial charge >= 0.3 is 0 Å². The molecule has 0 bridgehead atoms. The van der Waals surface area contributed by atoms with Gasteiger partial charge in [-0.15, -0.1) is 0 Å². The van der Waals surface area contributed by atoms with Crippen LogP contribution < -0.4 is 0 Å². The van der Waals surface area contributed by atoms with Crippen LogP contribution in [0.2, 0.25) is 0 Å². The molecule has 0 aliphatic heterocycles. The molecule has 2 aromatic rings. The van der Waals surface area contributed by atoms with E-state index in [1.54, 1.807) is 6.26 Å². The topological polar surface area (TPSA) is 13.1 Å². The van der Waals surface area contributed by atoms with Crippen LogP contribution in [0.25, 0.3) is 11.0 Å². The van der Waals surface area contributed by atoms with Gasteiger partial charge in [-0.1, -0.05) is 26.0 Å². The Labute approximate surface area is 78.4 Å². The average Bonchev–Trinajstić information content (AvgIpc) is 2.51. The molecule has 68 valence electrons. The molecule has 0 unspecified atom stereocenters. The van der Waals surface area contributed by atoms with Crippen LogP contribution in [-0.4, -0.2) is 0 Å². The number of hydrogen-bond donors (Lipinski definition) is 0. The van der Waals surface area contributed by atoms with E-state index in [2.05, 4.69) is 26.0 Å². The second kappa shape index (κ2) is 3.25. The molecule has 2 rings (SSSR count). The Morgan fingerprint density at radius 2 is 2.08 bits per heavy atom. The Morgan fingerprint density at radius 3 is 2.85 bits per heavy atom. The SMILES string of the molecule is CC(C)Cc1cccc2occc12. The first-order valence-corrected chi connectivity index (χ1v) is 4.72. The molecule has 0 radical (unpaired) electrons. The minimum atomic E-state index is 0.695. The van der Waals surface area contributed by atoms with Crippen molar-refractivity contribution in [2.45, 2.75) is 20.3 Å². The monoisotopic (exact) mass is 174 g/mol. The van der Waals surface area contributed by atoms with E-state index in [0.29, 0.717) is 5.92 Å². The van der Waals surface area contributed by atoms with E-state index in [-0.39, 0.29) is 0 Å². The molecule has 0 aliphatic rings. The van der Waals surface area contributed by atoms with Gasteiger partial charge in [-0.2, -0.15) is 0 Å². The standard InChI is InChI=1S/C12H14O/c1-9(2)8-10-4-3-5-12-11(10)6-7-13-12/h3-7,9H,8H2,1-2H3. The van der Waals surface area contributed by atoms with E-state index in [1.807, 2.05) is 12.1 Å². The van der Waals surface area contributed by atoms with Crippen LogP contribution in [0.1, 0.15) is 19.4 Å². The van der Waals surface area contributed by atoms with Gasteiger partial charge in [0.25, 0.3) is 0 Å². The van der Waals surface area contributed by atoms with Gasteiger partial charge in [0.15, 0.2) is 0 Å². The van der Waals surface area contributed by atoms with Gasteiger partial charge in [0.2, 0.25) is 0 Å². The normalized spacial score (nSPS) is 11.3. The van der Waals surface area contributed by atoms with Gasteiger partial charge in [0.05, 0.1) is 6.26 Å². The maximum Gasteiger partial charge on any atom is 0.134 e. The molecule has 0 fully saturated rings. The summed E-state index contributed by atoms with van der Waals surface area (Å²) in [5.74, 6) is 0.695. The fourth-order valence-corrected chi connectivity index (χ4v) is 1.67. The third-order valence-corrected chi connectivity index (χ3v) is 2.21. The second-order valence-corrected chi connectivity index (χ2v) is 3.85. The van der Waals surface area contributed by atoms with Gasteiger partial charge in [0, 0.05) is 5.39 Å². The van der Waals surface area contributed by atoms with Crippen molar-refractivity contribution in [2.24, 2.45) is 5.92 Å². The fourth-order valence-electron chi connectivity index (χ4n) is 1.67. The third-order valence-electron chi connectivity index (χ3n) is 2.21. The van der Waals surface area contributed by atoms with Gasteiger partial charge in [0.1, 0.15) is 5.58 Å². The molecule has 1 aromatic heterocycles.